The maximum absolute atomic E-state index is 12.5. The molecule has 5 nitrogen and oxygen atoms in total. The molecule has 108 valence electrons. The second kappa shape index (κ2) is 5.52. The Labute approximate surface area is 122 Å². The summed E-state index contributed by atoms with van der Waals surface area (Å²) in [5, 5.41) is 0. The molecular formula is C16H16N2O3. The van der Waals surface area contributed by atoms with Gasteiger partial charge in [-0.25, -0.2) is 9.97 Å². The number of rotatable bonds is 2. The molecule has 0 unspecified atom stereocenters. The summed E-state index contributed by atoms with van der Waals surface area (Å²) in [6.07, 6.45) is 9.21. The van der Waals surface area contributed by atoms with Crippen LogP contribution in [0.25, 0.3) is 12.2 Å². The van der Waals surface area contributed by atoms with Crippen molar-refractivity contribution in [1.29, 1.82) is 0 Å². The van der Waals surface area contributed by atoms with Crippen LogP contribution in [-0.2, 0) is 4.79 Å². The molecule has 0 aromatic carbocycles. The number of carbonyl (C=O) groups excluding carboxylic acids is 1. The predicted octanol–water partition coefficient (Wildman–Crippen LogP) is 3.50. The fraction of sp³-hybridized carbons (Fsp3) is 0.312. The number of aromatic nitrogens is 2. The molecular weight excluding hydrogens is 268 g/mol. The summed E-state index contributed by atoms with van der Waals surface area (Å²) in [7, 11) is 0. The summed E-state index contributed by atoms with van der Waals surface area (Å²) < 4.78 is 10.3. The molecule has 3 rings (SSSR count). The first-order valence-corrected chi connectivity index (χ1v) is 6.92. The number of allylic oxidation sites excluding steroid dienone is 2. The Hall–Kier alpha value is -2.43. The number of hydrogen-bond acceptors (Lipinski definition) is 5. The summed E-state index contributed by atoms with van der Waals surface area (Å²) >= 11 is 0. The van der Waals surface area contributed by atoms with E-state index in [1.807, 2.05) is 0 Å². The van der Waals surface area contributed by atoms with Crippen LogP contribution in [-0.4, -0.2) is 15.8 Å². The van der Waals surface area contributed by atoms with E-state index in [0.717, 1.165) is 30.4 Å². The number of oxazole rings is 2. The van der Waals surface area contributed by atoms with Crippen molar-refractivity contribution in [3.05, 3.63) is 46.8 Å². The minimum Gasteiger partial charge on any atom is -0.449 e. The standard InChI is InChI=1S/C16H16N2O3/c1-10-17-14(8-20-10)6-12-4-3-5-13(16(12)19)7-15-9-21-11(2)18-15/h6-9H,3-5H2,1-2H3/b12-6+,13-7+. The lowest BCUT2D eigenvalue weighted by molar-refractivity contribution is -0.112. The molecule has 0 N–H and O–H groups in total. The van der Waals surface area contributed by atoms with Gasteiger partial charge in [-0.1, -0.05) is 0 Å². The van der Waals surface area contributed by atoms with Gasteiger partial charge in [-0.2, -0.15) is 0 Å². The summed E-state index contributed by atoms with van der Waals surface area (Å²) in [6, 6.07) is 0. The monoisotopic (exact) mass is 284 g/mol. The second-order valence-corrected chi connectivity index (χ2v) is 5.10. The Morgan fingerprint density at radius 2 is 1.43 bits per heavy atom. The molecule has 21 heavy (non-hydrogen) atoms. The molecule has 1 saturated carbocycles. The molecule has 2 aromatic heterocycles. The first-order chi connectivity index (χ1) is 10.1. The van der Waals surface area contributed by atoms with E-state index in [4.69, 9.17) is 8.83 Å². The van der Waals surface area contributed by atoms with Gasteiger partial charge in [-0.3, -0.25) is 4.79 Å². The maximum atomic E-state index is 12.5. The molecule has 0 spiro atoms. The minimum absolute atomic E-state index is 0.0579. The Morgan fingerprint density at radius 3 is 1.81 bits per heavy atom. The molecule has 0 atom stereocenters. The summed E-state index contributed by atoms with van der Waals surface area (Å²) in [5.41, 5.74) is 2.91. The van der Waals surface area contributed by atoms with Gasteiger partial charge in [0.05, 0.1) is 0 Å². The van der Waals surface area contributed by atoms with E-state index in [1.54, 1.807) is 38.5 Å². The molecule has 1 fully saturated rings. The quantitative estimate of drug-likeness (QED) is 0.789. The molecule has 0 radical (unpaired) electrons. The first kappa shape index (κ1) is 13.5. The fourth-order valence-corrected chi connectivity index (χ4v) is 2.43. The number of nitrogens with zero attached hydrogens (tertiary/aromatic N) is 2. The number of carbonyl (C=O) groups is 1. The smallest absolute Gasteiger partial charge is 0.191 e. The van der Waals surface area contributed by atoms with E-state index < -0.39 is 0 Å². The average Bonchev–Trinajstić information content (AvgIpc) is 3.03. The van der Waals surface area contributed by atoms with Crippen molar-refractivity contribution in [3.63, 3.8) is 0 Å². The largest absolute Gasteiger partial charge is 0.449 e. The van der Waals surface area contributed by atoms with Crippen molar-refractivity contribution in [2.24, 2.45) is 0 Å². The topological polar surface area (TPSA) is 69.1 Å². The van der Waals surface area contributed by atoms with Crippen LogP contribution in [0.15, 0.2) is 32.5 Å². The molecule has 0 aliphatic heterocycles. The molecule has 2 heterocycles. The van der Waals surface area contributed by atoms with Crippen LogP contribution in [0.2, 0.25) is 0 Å². The van der Waals surface area contributed by atoms with Crippen molar-refractivity contribution < 1.29 is 13.6 Å². The van der Waals surface area contributed by atoms with E-state index in [-0.39, 0.29) is 5.78 Å². The van der Waals surface area contributed by atoms with Gasteiger partial charge in [0.15, 0.2) is 17.6 Å². The zero-order valence-electron chi connectivity index (χ0n) is 12.0. The first-order valence-electron chi connectivity index (χ1n) is 6.92. The number of ketones is 1. The van der Waals surface area contributed by atoms with E-state index in [0.29, 0.717) is 23.2 Å². The van der Waals surface area contributed by atoms with Crippen molar-refractivity contribution in [2.75, 3.05) is 0 Å². The Morgan fingerprint density at radius 1 is 0.952 bits per heavy atom. The van der Waals surface area contributed by atoms with Crippen LogP contribution in [0, 0.1) is 13.8 Å². The summed E-state index contributed by atoms with van der Waals surface area (Å²) in [5.74, 6) is 1.25. The van der Waals surface area contributed by atoms with E-state index in [1.165, 1.54) is 0 Å². The van der Waals surface area contributed by atoms with E-state index in [9.17, 15) is 4.79 Å². The highest BCUT2D eigenvalue weighted by Gasteiger charge is 2.21. The van der Waals surface area contributed by atoms with Crippen LogP contribution < -0.4 is 0 Å². The molecule has 0 bridgehead atoms. The van der Waals surface area contributed by atoms with Crippen LogP contribution in [0.4, 0.5) is 0 Å². The lowest BCUT2D eigenvalue weighted by Crippen LogP contribution is -2.12. The Bertz CT molecular complexity index is 674. The SMILES string of the molecule is Cc1nc(/C=C2\CCC/C(=C\c3coc(C)n3)C2=O)co1. The highest BCUT2D eigenvalue weighted by Crippen LogP contribution is 2.27. The molecule has 1 aliphatic carbocycles. The summed E-state index contributed by atoms with van der Waals surface area (Å²) in [4.78, 5) is 20.9. The lowest BCUT2D eigenvalue weighted by Gasteiger charge is -2.15. The minimum atomic E-state index is 0.0579. The molecule has 2 aromatic rings. The maximum Gasteiger partial charge on any atom is 0.191 e. The second-order valence-electron chi connectivity index (χ2n) is 5.10. The number of Topliss-reactive ketones (excluding diaryl/α,β-unsaturated/α-hetero) is 1. The van der Waals surface area contributed by atoms with Crippen molar-refractivity contribution in [1.82, 2.24) is 9.97 Å². The lowest BCUT2D eigenvalue weighted by atomic mass is 9.88. The summed E-state index contributed by atoms with van der Waals surface area (Å²) in [6.45, 7) is 3.56. The molecule has 0 amide bonds. The number of aryl methyl sites for hydroxylation is 2. The van der Waals surface area contributed by atoms with Gasteiger partial charge in [0.2, 0.25) is 0 Å². The van der Waals surface area contributed by atoms with Gasteiger partial charge in [0, 0.05) is 25.0 Å². The highest BCUT2D eigenvalue weighted by atomic mass is 16.3. The van der Waals surface area contributed by atoms with Crippen LogP contribution in [0.1, 0.15) is 42.4 Å². The van der Waals surface area contributed by atoms with E-state index in [2.05, 4.69) is 9.97 Å². The molecule has 0 saturated heterocycles. The normalized spacial score (nSPS) is 19.6. The van der Waals surface area contributed by atoms with Crippen LogP contribution >= 0.6 is 0 Å². The van der Waals surface area contributed by atoms with Crippen molar-refractivity contribution >= 4 is 17.9 Å². The average molecular weight is 284 g/mol. The molecule has 1 aliphatic rings. The number of hydrogen-bond donors (Lipinski definition) is 0. The third kappa shape index (κ3) is 3.02. The van der Waals surface area contributed by atoms with Gasteiger partial charge in [-0.05, 0) is 31.4 Å². The zero-order chi connectivity index (χ0) is 14.8. The van der Waals surface area contributed by atoms with Crippen molar-refractivity contribution in [2.45, 2.75) is 33.1 Å². The van der Waals surface area contributed by atoms with Gasteiger partial charge in [0.25, 0.3) is 0 Å². The highest BCUT2D eigenvalue weighted by molar-refractivity contribution is 6.13. The fourth-order valence-electron chi connectivity index (χ4n) is 2.43. The Kier molecular flexibility index (Phi) is 3.56. The third-order valence-electron chi connectivity index (χ3n) is 3.39. The van der Waals surface area contributed by atoms with Gasteiger partial charge in [0.1, 0.15) is 23.9 Å². The van der Waals surface area contributed by atoms with Gasteiger partial charge in [-0.15, -0.1) is 0 Å². The van der Waals surface area contributed by atoms with Crippen LogP contribution in [0.5, 0.6) is 0 Å². The Balaban J connectivity index is 1.87. The van der Waals surface area contributed by atoms with Gasteiger partial charge >= 0.3 is 0 Å². The third-order valence-corrected chi connectivity index (χ3v) is 3.39. The van der Waals surface area contributed by atoms with Gasteiger partial charge < -0.3 is 8.83 Å². The molecule has 5 heteroatoms. The van der Waals surface area contributed by atoms with E-state index >= 15 is 0 Å². The predicted molar refractivity (Wildman–Crippen MR) is 77.3 cm³/mol. The zero-order valence-corrected chi connectivity index (χ0v) is 12.0. The van der Waals surface area contributed by atoms with Crippen LogP contribution in [0.3, 0.4) is 0 Å². The van der Waals surface area contributed by atoms with Crippen molar-refractivity contribution in [3.8, 4) is 0 Å².